The van der Waals surface area contributed by atoms with Crippen LogP contribution in [0.1, 0.15) is 42.1 Å². The molecule has 1 amide bonds. The molecule has 1 aliphatic heterocycles. The van der Waals surface area contributed by atoms with Crippen LogP contribution in [0.4, 0.5) is 5.13 Å². The van der Waals surface area contributed by atoms with Crippen LogP contribution in [0.15, 0.2) is 41.3 Å². The number of thiazole rings is 1. The Morgan fingerprint density at radius 3 is 2.50 bits per heavy atom. The first-order valence-electron chi connectivity index (χ1n) is 12.6. The average Bonchev–Trinajstić information content (AvgIpc) is 3.32. The molecule has 0 radical (unpaired) electrons. The number of rotatable bonds is 9. The third kappa shape index (κ3) is 6.48. The lowest BCUT2D eigenvalue weighted by atomic mass is 10.0. The molecule has 38 heavy (non-hydrogen) atoms. The SMILES string of the molecule is COc1ccc(C)c2sc(N(CCCN(C)C)C(=O)c3ccc(S(=O)(=O)N4CCCC(C)C4)cc3)nc12.Cl. The third-order valence-corrected chi connectivity index (χ3v) is 9.83. The number of anilines is 1. The van der Waals surface area contributed by atoms with E-state index in [4.69, 9.17) is 9.72 Å². The zero-order chi connectivity index (χ0) is 26.7. The lowest BCUT2D eigenvalue weighted by molar-refractivity contribution is 0.0986. The van der Waals surface area contributed by atoms with Gasteiger partial charge in [-0.1, -0.05) is 24.3 Å². The average molecular weight is 581 g/mol. The van der Waals surface area contributed by atoms with Crippen molar-refractivity contribution in [3.8, 4) is 5.75 Å². The Labute approximate surface area is 236 Å². The second-order valence-corrected chi connectivity index (χ2v) is 12.9. The first kappa shape index (κ1) is 30.3. The van der Waals surface area contributed by atoms with Crippen molar-refractivity contribution in [2.45, 2.75) is 38.0 Å². The van der Waals surface area contributed by atoms with Crippen molar-refractivity contribution >= 4 is 55.0 Å². The maximum atomic E-state index is 13.7. The Bertz CT molecular complexity index is 1360. The highest BCUT2D eigenvalue weighted by molar-refractivity contribution is 7.89. The first-order valence-corrected chi connectivity index (χ1v) is 14.9. The molecule has 2 aromatic carbocycles. The molecule has 1 fully saturated rings. The van der Waals surface area contributed by atoms with Gasteiger partial charge in [0.1, 0.15) is 11.3 Å². The summed E-state index contributed by atoms with van der Waals surface area (Å²) in [7, 11) is 2.03. The largest absolute Gasteiger partial charge is 0.494 e. The lowest BCUT2D eigenvalue weighted by Crippen LogP contribution is -2.39. The smallest absolute Gasteiger partial charge is 0.260 e. The molecule has 1 aromatic heterocycles. The van der Waals surface area contributed by atoms with Crippen LogP contribution in [0.3, 0.4) is 0 Å². The number of nitrogens with zero attached hydrogens (tertiary/aromatic N) is 4. The quantitative estimate of drug-likeness (QED) is 0.352. The van der Waals surface area contributed by atoms with Crippen molar-refractivity contribution in [2.24, 2.45) is 5.92 Å². The zero-order valence-corrected chi connectivity index (χ0v) is 25.1. The maximum absolute atomic E-state index is 13.7. The second-order valence-electron chi connectivity index (χ2n) is 10.0. The number of hydrogen-bond acceptors (Lipinski definition) is 7. The fourth-order valence-corrected chi connectivity index (χ4v) is 7.32. The number of amides is 1. The number of benzene rings is 2. The fraction of sp³-hybridized carbons (Fsp3) is 0.481. The van der Waals surface area contributed by atoms with Crippen molar-refractivity contribution in [3.05, 3.63) is 47.5 Å². The Hall–Kier alpha value is -2.24. The topological polar surface area (TPSA) is 83.0 Å². The number of aromatic nitrogens is 1. The number of fused-ring (bicyclic) bond motifs is 1. The van der Waals surface area contributed by atoms with Crippen LogP contribution in [0.5, 0.6) is 5.75 Å². The molecule has 2 heterocycles. The number of hydrogen-bond donors (Lipinski definition) is 0. The van der Waals surface area contributed by atoms with Crippen LogP contribution in [-0.2, 0) is 10.0 Å². The van der Waals surface area contributed by atoms with Crippen molar-refractivity contribution in [1.29, 1.82) is 0 Å². The predicted octanol–water partition coefficient (Wildman–Crippen LogP) is 5.05. The Morgan fingerprint density at radius 2 is 1.87 bits per heavy atom. The van der Waals surface area contributed by atoms with E-state index in [1.165, 1.54) is 11.3 Å². The van der Waals surface area contributed by atoms with Gasteiger partial charge in [0.05, 0.1) is 16.7 Å². The number of carbonyl (C=O) groups excluding carboxylic acids is 1. The van der Waals surface area contributed by atoms with E-state index in [-0.39, 0.29) is 23.2 Å². The summed E-state index contributed by atoms with van der Waals surface area (Å²) in [6.45, 7) is 6.47. The molecule has 1 saturated heterocycles. The predicted molar refractivity (Wildman–Crippen MR) is 157 cm³/mol. The van der Waals surface area contributed by atoms with Gasteiger partial charge in [-0.2, -0.15) is 4.31 Å². The molecule has 4 rings (SSSR count). The van der Waals surface area contributed by atoms with E-state index in [9.17, 15) is 13.2 Å². The highest BCUT2D eigenvalue weighted by atomic mass is 35.5. The monoisotopic (exact) mass is 580 g/mol. The number of carbonyl (C=O) groups is 1. The zero-order valence-electron chi connectivity index (χ0n) is 22.6. The van der Waals surface area contributed by atoms with Gasteiger partial charge >= 0.3 is 0 Å². The lowest BCUT2D eigenvalue weighted by Gasteiger charge is -2.30. The fourth-order valence-electron chi connectivity index (χ4n) is 4.65. The maximum Gasteiger partial charge on any atom is 0.260 e. The van der Waals surface area contributed by atoms with Gasteiger partial charge in [-0.15, -0.1) is 12.4 Å². The minimum atomic E-state index is -3.58. The number of aryl methyl sites for hydroxylation is 1. The molecule has 0 N–H and O–H groups in total. The summed E-state index contributed by atoms with van der Waals surface area (Å²) in [5.41, 5.74) is 2.24. The summed E-state index contributed by atoms with van der Waals surface area (Å²) in [5, 5.41) is 0.602. The van der Waals surface area contributed by atoms with Gasteiger partial charge < -0.3 is 9.64 Å². The minimum absolute atomic E-state index is 0. The van der Waals surface area contributed by atoms with Gasteiger partial charge in [-0.05, 0) is 88.6 Å². The molecule has 208 valence electrons. The van der Waals surface area contributed by atoms with Crippen LogP contribution < -0.4 is 9.64 Å². The summed E-state index contributed by atoms with van der Waals surface area (Å²) >= 11 is 1.47. The van der Waals surface area contributed by atoms with Gasteiger partial charge in [0.25, 0.3) is 5.91 Å². The number of sulfonamides is 1. The van der Waals surface area contributed by atoms with Crippen LogP contribution in [-0.4, -0.2) is 75.9 Å². The number of halogens is 1. The van der Waals surface area contributed by atoms with Gasteiger partial charge in [0, 0.05) is 25.2 Å². The van der Waals surface area contributed by atoms with Crippen molar-refractivity contribution in [1.82, 2.24) is 14.2 Å². The summed E-state index contributed by atoms with van der Waals surface area (Å²) in [6.07, 6.45) is 2.68. The summed E-state index contributed by atoms with van der Waals surface area (Å²) in [6, 6.07) is 10.2. The molecular formula is C27H37ClN4O4S2. The van der Waals surface area contributed by atoms with E-state index in [1.54, 1.807) is 40.6 Å². The first-order chi connectivity index (χ1) is 17.6. The second kappa shape index (κ2) is 12.7. The summed E-state index contributed by atoms with van der Waals surface area (Å²) in [4.78, 5) is 22.5. The molecule has 1 aliphatic rings. The standard InChI is InChI=1S/C27H36N4O4S2.ClH/c1-19-8-6-16-30(18-19)37(33,34)22-12-10-21(11-13-22)26(32)31(17-7-15-29(3)4)27-28-24-23(35-5)14-9-20(2)25(24)36-27;/h9-14,19H,6-8,15-18H2,1-5H3;1H. The van der Waals surface area contributed by atoms with Gasteiger partial charge in [0.15, 0.2) is 5.13 Å². The molecule has 1 atom stereocenters. The van der Waals surface area contributed by atoms with Crippen LogP contribution >= 0.6 is 23.7 Å². The van der Waals surface area contributed by atoms with Crippen LogP contribution in [0, 0.1) is 12.8 Å². The van der Waals surface area contributed by atoms with Gasteiger partial charge in [-0.3, -0.25) is 9.69 Å². The molecule has 0 spiro atoms. The normalized spacial score (nSPS) is 16.4. The number of methoxy groups -OCH3 is 1. The van der Waals surface area contributed by atoms with Crippen molar-refractivity contribution in [3.63, 3.8) is 0 Å². The Balaban J connectivity index is 0.00000400. The third-order valence-electron chi connectivity index (χ3n) is 6.73. The van der Waals surface area contributed by atoms with E-state index >= 15 is 0 Å². The highest BCUT2D eigenvalue weighted by Gasteiger charge is 2.29. The molecule has 0 saturated carbocycles. The minimum Gasteiger partial charge on any atom is -0.494 e. The van der Waals surface area contributed by atoms with Crippen LogP contribution in [0.2, 0.25) is 0 Å². The number of ether oxygens (including phenoxy) is 1. The molecule has 0 aliphatic carbocycles. The summed E-state index contributed by atoms with van der Waals surface area (Å²) in [5.74, 6) is 0.812. The van der Waals surface area contributed by atoms with E-state index in [0.717, 1.165) is 41.6 Å². The molecule has 3 aromatic rings. The van der Waals surface area contributed by atoms with E-state index in [1.807, 2.05) is 33.2 Å². The van der Waals surface area contributed by atoms with E-state index in [2.05, 4.69) is 11.8 Å². The molecular weight excluding hydrogens is 544 g/mol. The van der Waals surface area contributed by atoms with Gasteiger partial charge in [0.2, 0.25) is 10.0 Å². The van der Waals surface area contributed by atoms with E-state index in [0.29, 0.717) is 42.0 Å². The summed E-state index contributed by atoms with van der Waals surface area (Å²) < 4.78 is 34.4. The molecule has 0 bridgehead atoms. The molecule has 8 nitrogen and oxygen atoms in total. The van der Waals surface area contributed by atoms with Crippen molar-refractivity contribution in [2.75, 3.05) is 52.3 Å². The van der Waals surface area contributed by atoms with Crippen LogP contribution in [0.25, 0.3) is 10.2 Å². The van der Waals surface area contributed by atoms with E-state index < -0.39 is 10.0 Å². The van der Waals surface area contributed by atoms with Crippen molar-refractivity contribution < 1.29 is 17.9 Å². The Morgan fingerprint density at radius 1 is 1.16 bits per heavy atom. The van der Waals surface area contributed by atoms with Gasteiger partial charge in [-0.25, -0.2) is 13.4 Å². The Kier molecular flexibility index (Phi) is 10.2. The highest BCUT2D eigenvalue weighted by Crippen LogP contribution is 2.37. The molecule has 11 heteroatoms. The molecule has 1 unspecified atom stereocenters. The number of piperidine rings is 1.